The summed E-state index contributed by atoms with van der Waals surface area (Å²) in [4.78, 5) is 12.6. The van der Waals surface area contributed by atoms with Gasteiger partial charge in [-0.3, -0.25) is 4.79 Å². The van der Waals surface area contributed by atoms with Gasteiger partial charge in [-0.15, -0.1) is 11.3 Å². The Hall–Kier alpha value is -1.52. The molecule has 0 atom stereocenters. The summed E-state index contributed by atoms with van der Waals surface area (Å²) in [5.41, 5.74) is 2.06. The van der Waals surface area contributed by atoms with Gasteiger partial charge in [0.25, 0.3) is 5.91 Å². The molecule has 0 unspecified atom stereocenters. The van der Waals surface area contributed by atoms with E-state index in [4.69, 9.17) is 16.3 Å². The molecule has 0 saturated heterocycles. The number of hydrogen-bond donors (Lipinski definition) is 1. The summed E-state index contributed by atoms with van der Waals surface area (Å²) in [6.45, 7) is 6.27. The van der Waals surface area contributed by atoms with E-state index in [-0.39, 0.29) is 11.9 Å². The summed E-state index contributed by atoms with van der Waals surface area (Å²) < 4.78 is 5.72. The Labute approximate surface area is 133 Å². The highest BCUT2D eigenvalue weighted by molar-refractivity contribution is 7.12. The minimum Gasteiger partial charge on any atom is -0.487 e. The van der Waals surface area contributed by atoms with Gasteiger partial charge in [0, 0.05) is 11.6 Å². The van der Waals surface area contributed by atoms with E-state index in [9.17, 15) is 4.79 Å². The number of thiophene rings is 1. The first kappa shape index (κ1) is 15.9. The molecule has 0 aliphatic heterocycles. The molecule has 5 heteroatoms. The Balaban J connectivity index is 2.00. The van der Waals surface area contributed by atoms with Crippen LogP contribution in [0.5, 0.6) is 5.75 Å². The molecule has 0 spiro atoms. The maximum atomic E-state index is 11.9. The van der Waals surface area contributed by atoms with Gasteiger partial charge in [0.15, 0.2) is 0 Å². The molecule has 0 saturated carbocycles. The van der Waals surface area contributed by atoms with Crippen molar-refractivity contribution >= 4 is 28.8 Å². The summed E-state index contributed by atoms with van der Waals surface area (Å²) in [6, 6.07) is 7.65. The molecule has 1 aromatic heterocycles. The predicted octanol–water partition coefficient (Wildman–Crippen LogP) is 4.43. The molecule has 0 aliphatic carbocycles. The van der Waals surface area contributed by atoms with Crippen LogP contribution in [0.3, 0.4) is 0 Å². The van der Waals surface area contributed by atoms with Gasteiger partial charge in [-0.05, 0) is 49.9 Å². The zero-order valence-electron chi connectivity index (χ0n) is 12.3. The second kappa shape index (κ2) is 6.96. The van der Waals surface area contributed by atoms with Crippen molar-refractivity contribution < 1.29 is 9.53 Å². The van der Waals surface area contributed by atoms with Gasteiger partial charge in [0.05, 0.1) is 9.90 Å². The highest BCUT2D eigenvalue weighted by Gasteiger charge is 2.11. The summed E-state index contributed by atoms with van der Waals surface area (Å²) in [5, 5.41) is 5.39. The van der Waals surface area contributed by atoms with E-state index in [2.05, 4.69) is 5.32 Å². The van der Waals surface area contributed by atoms with Crippen molar-refractivity contribution in [1.82, 2.24) is 5.32 Å². The van der Waals surface area contributed by atoms with Crippen LogP contribution in [0.4, 0.5) is 0 Å². The fraction of sp³-hybridized carbons (Fsp3) is 0.312. The largest absolute Gasteiger partial charge is 0.487 e. The van der Waals surface area contributed by atoms with Crippen molar-refractivity contribution in [1.29, 1.82) is 0 Å². The van der Waals surface area contributed by atoms with Gasteiger partial charge in [0.1, 0.15) is 12.4 Å². The molecule has 1 aromatic carbocycles. The number of carbonyl (C=O) groups is 1. The number of aryl methyl sites for hydroxylation is 1. The molecule has 21 heavy (non-hydrogen) atoms. The van der Waals surface area contributed by atoms with Gasteiger partial charge >= 0.3 is 0 Å². The lowest BCUT2D eigenvalue weighted by atomic mass is 10.2. The van der Waals surface area contributed by atoms with Crippen LogP contribution in [-0.2, 0) is 6.61 Å². The van der Waals surface area contributed by atoms with E-state index in [0.717, 1.165) is 11.1 Å². The molecule has 3 nitrogen and oxygen atoms in total. The van der Waals surface area contributed by atoms with Crippen LogP contribution in [0.2, 0.25) is 5.02 Å². The standard InChI is InChI=1S/C16H18ClNO2S/c1-10(2)18-16(19)15-7-12(9-21-15)8-20-14-6-11(3)4-5-13(14)17/h4-7,9-10H,8H2,1-3H3,(H,18,19). The topological polar surface area (TPSA) is 38.3 Å². The molecule has 0 fully saturated rings. The van der Waals surface area contributed by atoms with E-state index in [0.29, 0.717) is 22.3 Å². The van der Waals surface area contributed by atoms with Crippen molar-refractivity contribution in [2.75, 3.05) is 0 Å². The van der Waals surface area contributed by atoms with Gasteiger partial charge in [0.2, 0.25) is 0 Å². The van der Waals surface area contributed by atoms with Crippen LogP contribution in [0.1, 0.15) is 34.6 Å². The maximum Gasteiger partial charge on any atom is 0.261 e. The average Bonchev–Trinajstić information content (AvgIpc) is 2.88. The second-order valence-electron chi connectivity index (χ2n) is 5.17. The monoisotopic (exact) mass is 323 g/mol. The normalized spacial score (nSPS) is 10.7. The van der Waals surface area contributed by atoms with E-state index in [1.807, 2.05) is 50.4 Å². The maximum absolute atomic E-state index is 11.9. The van der Waals surface area contributed by atoms with Gasteiger partial charge in [-0.25, -0.2) is 0 Å². The molecule has 0 radical (unpaired) electrons. The molecule has 0 aliphatic rings. The van der Waals surface area contributed by atoms with Crippen LogP contribution < -0.4 is 10.1 Å². The Morgan fingerprint density at radius 3 is 2.86 bits per heavy atom. The van der Waals surface area contributed by atoms with Crippen molar-refractivity contribution in [3.05, 3.63) is 50.7 Å². The third-order valence-corrected chi connectivity index (χ3v) is 4.07. The lowest BCUT2D eigenvalue weighted by molar-refractivity contribution is 0.0947. The number of amides is 1. The van der Waals surface area contributed by atoms with E-state index in [1.165, 1.54) is 11.3 Å². The number of halogens is 1. The van der Waals surface area contributed by atoms with Crippen LogP contribution >= 0.6 is 22.9 Å². The molecule has 1 heterocycles. The zero-order valence-corrected chi connectivity index (χ0v) is 13.8. The lowest BCUT2D eigenvalue weighted by Crippen LogP contribution is -2.29. The van der Waals surface area contributed by atoms with E-state index >= 15 is 0 Å². The van der Waals surface area contributed by atoms with Crippen molar-refractivity contribution in [2.24, 2.45) is 0 Å². The van der Waals surface area contributed by atoms with Crippen LogP contribution in [0.15, 0.2) is 29.6 Å². The fourth-order valence-electron chi connectivity index (χ4n) is 1.79. The molecule has 0 bridgehead atoms. The van der Waals surface area contributed by atoms with E-state index < -0.39 is 0 Å². The number of rotatable bonds is 5. The van der Waals surface area contributed by atoms with Gasteiger partial charge in [-0.1, -0.05) is 17.7 Å². The predicted molar refractivity (Wildman–Crippen MR) is 87.4 cm³/mol. The first-order valence-electron chi connectivity index (χ1n) is 6.73. The van der Waals surface area contributed by atoms with E-state index in [1.54, 1.807) is 0 Å². The highest BCUT2D eigenvalue weighted by Crippen LogP contribution is 2.26. The van der Waals surface area contributed by atoms with Gasteiger partial charge < -0.3 is 10.1 Å². The summed E-state index contributed by atoms with van der Waals surface area (Å²) in [5.74, 6) is 0.617. The van der Waals surface area contributed by atoms with Crippen LogP contribution in [0, 0.1) is 6.92 Å². The summed E-state index contributed by atoms with van der Waals surface area (Å²) in [7, 11) is 0. The first-order chi connectivity index (χ1) is 9.95. The number of ether oxygens (including phenoxy) is 1. The Bertz CT molecular complexity index is 637. The molecular formula is C16H18ClNO2S. The first-order valence-corrected chi connectivity index (χ1v) is 7.98. The molecule has 1 N–H and O–H groups in total. The Morgan fingerprint density at radius 2 is 2.14 bits per heavy atom. The Morgan fingerprint density at radius 1 is 1.38 bits per heavy atom. The fourth-order valence-corrected chi connectivity index (χ4v) is 2.76. The molecule has 112 valence electrons. The summed E-state index contributed by atoms with van der Waals surface area (Å²) in [6.07, 6.45) is 0. The zero-order chi connectivity index (χ0) is 15.4. The lowest BCUT2D eigenvalue weighted by Gasteiger charge is -2.08. The number of nitrogens with one attached hydrogen (secondary N) is 1. The smallest absolute Gasteiger partial charge is 0.261 e. The van der Waals surface area contributed by atoms with Crippen molar-refractivity contribution in [3.63, 3.8) is 0 Å². The summed E-state index contributed by atoms with van der Waals surface area (Å²) >= 11 is 7.51. The molecule has 2 aromatic rings. The van der Waals surface area contributed by atoms with Crippen molar-refractivity contribution in [3.8, 4) is 5.75 Å². The molecular weight excluding hydrogens is 306 g/mol. The highest BCUT2D eigenvalue weighted by atomic mass is 35.5. The van der Waals surface area contributed by atoms with Crippen LogP contribution in [-0.4, -0.2) is 11.9 Å². The molecule has 2 rings (SSSR count). The Kier molecular flexibility index (Phi) is 5.26. The van der Waals surface area contributed by atoms with Gasteiger partial charge in [-0.2, -0.15) is 0 Å². The number of hydrogen-bond acceptors (Lipinski definition) is 3. The third-order valence-electron chi connectivity index (χ3n) is 2.78. The average molecular weight is 324 g/mol. The second-order valence-corrected chi connectivity index (χ2v) is 6.49. The minimum absolute atomic E-state index is 0.0464. The minimum atomic E-state index is -0.0464. The quantitative estimate of drug-likeness (QED) is 0.884. The van der Waals surface area contributed by atoms with Crippen LogP contribution in [0.25, 0.3) is 0 Å². The molecule has 1 amide bonds. The number of carbonyl (C=O) groups excluding carboxylic acids is 1. The SMILES string of the molecule is Cc1ccc(Cl)c(OCc2csc(C(=O)NC(C)C)c2)c1. The third kappa shape index (κ3) is 4.48. The van der Waals surface area contributed by atoms with Crippen molar-refractivity contribution in [2.45, 2.75) is 33.4 Å². The number of benzene rings is 1.